The van der Waals surface area contributed by atoms with Crippen molar-refractivity contribution in [3.8, 4) is 0 Å². The molecule has 1 aliphatic heterocycles. The SMILES string of the molecule is COC(=O)c1ccc(CN(C(=O)N2CCOCC2)c2ccc3cnn(C)c3c2)c(F)c1. The lowest BCUT2D eigenvalue weighted by atomic mass is 10.1. The molecule has 0 bridgehead atoms. The number of rotatable bonds is 4. The first-order chi connectivity index (χ1) is 15.0. The van der Waals surface area contributed by atoms with Crippen LogP contribution in [0.5, 0.6) is 0 Å². The molecule has 8 nitrogen and oxygen atoms in total. The second-order valence-electron chi connectivity index (χ2n) is 7.28. The average molecular weight is 426 g/mol. The molecular formula is C22H23FN4O4. The molecular weight excluding hydrogens is 403 g/mol. The van der Waals surface area contributed by atoms with E-state index < -0.39 is 11.8 Å². The number of esters is 1. The highest BCUT2D eigenvalue weighted by atomic mass is 19.1. The molecule has 0 N–H and O–H groups in total. The maximum absolute atomic E-state index is 14.8. The molecule has 1 saturated heterocycles. The molecule has 2 amide bonds. The van der Waals surface area contributed by atoms with E-state index in [9.17, 15) is 14.0 Å². The molecule has 2 aromatic carbocycles. The van der Waals surface area contributed by atoms with Crippen molar-refractivity contribution < 1.29 is 23.5 Å². The Morgan fingerprint density at radius 1 is 1.19 bits per heavy atom. The fraction of sp³-hybridized carbons (Fsp3) is 0.318. The van der Waals surface area contributed by atoms with Gasteiger partial charge in [0.2, 0.25) is 0 Å². The van der Waals surface area contributed by atoms with E-state index in [1.54, 1.807) is 15.8 Å². The maximum Gasteiger partial charge on any atom is 0.337 e. The summed E-state index contributed by atoms with van der Waals surface area (Å²) >= 11 is 0. The van der Waals surface area contributed by atoms with Gasteiger partial charge in [0, 0.05) is 36.8 Å². The van der Waals surface area contributed by atoms with Crippen molar-refractivity contribution in [2.75, 3.05) is 38.3 Å². The van der Waals surface area contributed by atoms with Gasteiger partial charge in [-0.2, -0.15) is 5.10 Å². The van der Waals surface area contributed by atoms with Crippen LogP contribution in [0.15, 0.2) is 42.6 Å². The van der Waals surface area contributed by atoms with E-state index in [2.05, 4.69) is 9.84 Å². The van der Waals surface area contributed by atoms with Gasteiger partial charge in [0.1, 0.15) is 5.82 Å². The summed E-state index contributed by atoms with van der Waals surface area (Å²) in [5.41, 5.74) is 1.90. The van der Waals surface area contributed by atoms with Crippen LogP contribution in [0.25, 0.3) is 10.9 Å². The molecule has 162 valence electrons. The number of morpholine rings is 1. The molecule has 2 heterocycles. The fourth-order valence-electron chi connectivity index (χ4n) is 3.59. The summed E-state index contributed by atoms with van der Waals surface area (Å²) in [6, 6.07) is 9.46. The van der Waals surface area contributed by atoms with Crippen molar-refractivity contribution in [3.63, 3.8) is 0 Å². The smallest absolute Gasteiger partial charge is 0.337 e. The van der Waals surface area contributed by atoms with Crippen LogP contribution in [0, 0.1) is 5.82 Å². The van der Waals surface area contributed by atoms with Crippen LogP contribution in [-0.2, 0) is 23.1 Å². The molecule has 0 saturated carbocycles. The largest absolute Gasteiger partial charge is 0.465 e. The van der Waals surface area contributed by atoms with Gasteiger partial charge in [-0.3, -0.25) is 9.58 Å². The molecule has 0 spiro atoms. The monoisotopic (exact) mass is 426 g/mol. The minimum atomic E-state index is -0.617. The maximum atomic E-state index is 14.8. The molecule has 1 aromatic heterocycles. The number of aryl methyl sites for hydroxylation is 1. The number of aromatic nitrogens is 2. The molecule has 3 aromatic rings. The van der Waals surface area contributed by atoms with Crippen LogP contribution in [0.4, 0.5) is 14.9 Å². The minimum Gasteiger partial charge on any atom is -0.465 e. The van der Waals surface area contributed by atoms with Gasteiger partial charge in [-0.15, -0.1) is 0 Å². The van der Waals surface area contributed by atoms with E-state index in [0.717, 1.165) is 17.0 Å². The number of ether oxygens (including phenoxy) is 2. The summed E-state index contributed by atoms with van der Waals surface area (Å²) in [7, 11) is 3.07. The molecule has 0 aliphatic carbocycles. The molecule has 0 radical (unpaired) electrons. The zero-order valence-corrected chi connectivity index (χ0v) is 17.4. The van der Waals surface area contributed by atoms with Crippen LogP contribution >= 0.6 is 0 Å². The Labute approximate surface area is 178 Å². The number of benzene rings is 2. The van der Waals surface area contributed by atoms with E-state index in [4.69, 9.17) is 4.74 Å². The number of carbonyl (C=O) groups is 2. The highest BCUT2D eigenvalue weighted by Crippen LogP contribution is 2.26. The molecule has 1 aliphatic rings. The van der Waals surface area contributed by atoms with E-state index in [-0.39, 0.29) is 18.1 Å². The zero-order valence-electron chi connectivity index (χ0n) is 17.4. The number of halogens is 1. The van der Waals surface area contributed by atoms with Crippen LogP contribution in [0.2, 0.25) is 0 Å². The summed E-state index contributed by atoms with van der Waals surface area (Å²) in [5.74, 6) is -1.20. The second-order valence-corrected chi connectivity index (χ2v) is 7.28. The van der Waals surface area contributed by atoms with Gasteiger partial charge in [-0.25, -0.2) is 14.0 Å². The molecule has 4 rings (SSSR count). The number of carbonyl (C=O) groups excluding carboxylic acids is 2. The summed E-state index contributed by atoms with van der Waals surface area (Å²) in [6.45, 7) is 1.86. The number of nitrogens with zero attached hydrogens (tertiary/aromatic N) is 4. The van der Waals surface area contributed by atoms with Crippen LogP contribution < -0.4 is 4.90 Å². The van der Waals surface area contributed by atoms with Gasteiger partial charge in [0.05, 0.1) is 44.1 Å². The number of hydrogen-bond donors (Lipinski definition) is 0. The highest BCUT2D eigenvalue weighted by molar-refractivity contribution is 5.95. The quantitative estimate of drug-likeness (QED) is 0.600. The van der Waals surface area contributed by atoms with E-state index in [0.29, 0.717) is 37.6 Å². The van der Waals surface area contributed by atoms with Crippen molar-refractivity contribution >= 4 is 28.6 Å². The minimum absolute atomic E-state index is 0.00678. The van der Waals surface area contributed by atoms with Crippen LogP contribution in [0.1, 0.15) is 15.9 Å². The summed E-state index contributed by atoms with van der Waals surface area (Å²) < 4.78 is 26.5. The Hall–Kier alpha value is -3.46. The molecule has 0 atom stereocenters. The molecule has 1 fully saturated rings. The standard InChI is InChI=1S/C22H23FN4O4/c1-25-20-12-18(6-5-16(20)13-24-25)27(22(29)26-7-9-31-10-8-26)14-17-4-3-15(11-19(17)23)21(28)30-2/h3-6,11-13H,7-10,14H2,1-2H3. The van der Waals surface area contributed by atoms with Gasteiger partial charge in [-0.05, 0) is 30.3 Å². The predicted octanol–water partition coefficient (Wildman–Crippen LogP) is 2.96. The number of hydrogen-bond acceptors (Lipinski definition) is 5. The van der Waals surface area contributed by atoms with Crippen molar-refractivity contribution in [3.05, 3.63) is 59.5 Å². The first-order valence-electron chi connectivity index (χ1n) is 9.90. The third-order valence-electron chi connectivity index (χ3n) is 5.36. The van der Waals surface area contributed by atoms with Crippen molar-refractivity contribution in [1.82, 2.24) is 14.7 Å². The number of amides is 2. The topological polar surface area (TPSA) is 76.9 Å². The van der Waals surface area contributed by atoms with Crippen LogP contribution in [0.3, 0.4) is 0 Å². The third-order valence-corrected chi connectivity index (χ3v) is 5.36. The van der Waals surface area contributed by atoms with Crippen LogP contribution in [-0.4, -0.2) is 60.1 Å². The molecule has 0 unspecified atom stereocenters. The lowest BCUT2D eigenvalue weighted by molar-refractivity contribution is 0.0548. The number of methoxy groups -OCH3 is 1. The lowest BCUT2D eigenvalue weighted by Crippen LogP contribution is -2.48. The van der Waals surface area contributed by atoms with Gasteiger partial charge in [-0.1, -0.05) is 6.07 Å². The predicted molar refractivity (Wildman–Crippen MR) is 112 cm³/mol. The van der Waals surface area contributed by atoms with Gasteiger partial charge >= 0.3 is 12.0 Å². The first kappa shape index (κ1) is 20.8. The third kappa shape index (κ3) is 4.22. The van der Waals surface area contributed by atoms with E-state index >= 15 is 0 Å². The normalized spacial score (nSPS) is 14.0. The first-order valence-corrected chi connectivity index (χ1v) is 9.90. The molecule has 9 heteroatoms. The summed E-state index contributed by atoms with van der Waals surface area (Å²) in [4.78, 5) is 28.3. The van der Waals surface area contributed by atoms with E-state index in [1.807, 2.05) is 25.2 Å². The Bertz CT molecular complexity index is 1120. The van der Waals surface area contributed by atoms with Crippen molar-refractivity contribution in [2.24, 2.45) is 7.05 Å². The lowest BCUT2D eigenvalue weighted by Gasteiger charge is -2.33. The van der Waals surface area contributed by atoms with Gasteiger partial charge in [0.15, 0.2) is 0 Å². The average Bonchev–Trinajstić information content (AvgIpc) is 3.18. The van der Waals surface area contributed by atoms with Crippen molar-refractivity contribution in [2.45, 2.75) is 6.54 Å². The number of anilines is 1. The molecule has 31 heavy (non-hydrogen) atoms. The van der Waals surface area contributed by atoms with Crippen molar-refractivity contribution in [1.29, 1.82) is 0 Å². The Morgan fingerprint density at radius 2 is 1.97 bits per heavy atom. The summed E-state index contributed by atoms with van der Waals surface area (Å²) in [5, 5.41) is 5.19. The Balaban J connectivity index is 1.70. The summed E-state index contributed by atoms with van der Waals surface area (Å²) in [6.07, 6.45) is 1.75. The Kier molecular flexibility index (Phi) is 5.85. The van der Waals surface area contributed by atoms with E-state index in [1.165, 1.54) is 24.1 Å². The zero-order chi connectivity index (χ0) is 22.0. The van der Waals surface area contributed by atoms with Gasteiger partial charge in [0.25, 0.3) is 0 Å². The van der Waals surface area contributed by atoms with Gasteiger partial charge < -0.3 is 14.4 Å². The second kappa shape index (κ2) is 8.73. The Morgan fingerprint density at radius 3 is 2.68 bits per heavy atom. The highest BCUT2D eigenvalue weighted by Gasteiger charge is 2.26. The fourth-order valence-corrected chi connectivity index (χ4v) is 3.59. The number of urea groups is 1. The number of fused-ring (bicyclic) bond motifs is 1.